The van der Waals surface area contributed by atoms with E-state index in [0.717, 1.165) is 11.3 Å². The Labute approximate surface area is 211 Å². The summed E-state index contributed by atoms with van der Waals surface area (Å²) >= 11 is 0. The molecule has 1 saturated heterocycles. The van der Waals surface area contributed by atoms with E-state index in [4.69, 9.17) is 14.2 Å². The Morgan fingerprint density at radius 3 is 2.31 bits per heavy atom. The molecule has 1 aliphatic rings. The van der Waals surface area contributed by atoms with E-state index in [1.54, 1.807) is 42.1 Å². The topological polar surface area (TPSA) is 109 Å². The van der Waals surface area contributed by atoms with Crippen LogP contribution in [0.25, 0.3) is 11.3 Å². The van der Waals surface area contributed by atoms with Crippen LogP contribution in [0, 0.1) is 5.92 Å². The monoisotopic (exact) mass is 513 g/mol. The first-order chi connectivity index (χ1) is 17.2. The van der Waals surface area contributed by atoms with E-state index in [1.807, 2.05) is 24.3 Å². The van der Waals surface area contributed by atoms with Crippen molar-refractivity contribution in [3.8, 4) is 28.5 Å². The zero-order valence-corrected chi connectivity index (χ0v) is 21.5. The van der Waals surface area contributed by atoms with Gasteiger partial charge in [0.25, 0.3) is 5.91 Å². The maximum absolute atomic E-state index is 12.7. The van der Waals surface area contributed by atoms with Crippen molar-refractivity contribution in [3.63, 3.8) is 0 Å². The van der Waals surface area contributed by atoms with Gasteiger partial charge in [0.15, 0.2) is 16.4 Å². The van der Waals surface area contributed by atoms with Gasteiger partial charge in [-0.15, -0.1) is 0 Å². The normalized spacial score (nSPS) is 16.6. The average Bonchev–Trinajstić information content (AvgIpc) is 3.44. The van der Waals surface area contributed by atoms with Crippen LogP contribution in [-0.2, 0) is 14.6 Å². The van der Waals surface area contributed by atoms with Crippen LogP contribution >= 0.6 is 0 Å². The minimum atomic E-state index is -3.14. The second-order valence-electron chi connectivity index (χ2n) is 9.16. The van der Waals surface area contributed by atoms with E-state index in [-0.39, 0.29) is 30.1 Å². The average molecular weight is 514 g/mol. The number of anilines is 1. The van der Waals surface area contributed by atoms with E-state index >= 15 is 0 Å². The van der Waals surface area contributed by atoms with Gasteiger partial charge in [-0.3, -0.25) is 4.79 Å². The number of nitrogens with one attached hydrogen (secondary N) is 1. The van der Waals surface area contributed by atoms with Crippen LogP contribution in [0.5, 0.6) is 17.2 Å². The number of hydrogen-bond acceptors (Lipinski definition) is 7. The molecule has 0 saturated carbocycles. The highest BCUT2D eigenvalue weighted by Crippen LogP contribution is 2.31. The van der Waals surface area contributed by atoms with Crippen molar-refractivity contribution in [1.29, 1.82) is 0 Å². The zero-order valence-electron chi connectivity index (χ0n) is 20.6. The number of methoxy groups -OCH3 is 1. The molecule has 1 aliphatic heterocycles. The molecule has 2 heterocycles. The lowest BCUT2D eigenvalue weighted by molar-refractivity contribution is -0.118. The van der Waals surface area contributed by atoms with Crippen molar-refractivity contribution >= 4 is 21.6 Å². The Hall–Kier alpha value is -3.53. The van der Waals surface area contributed by atoms with Gasteiger partial charge in [0.1, 0.15) is 23.1 Å². The summed E-state index contributed by atoms with van der Waals surface area (Å²) in [5.74, 6) is 2.54. The van der Waals surface area contributed by atoms with Crippen LogP contribution < -0.4 is 19.5 Å². The van der Waals surface area contributed by atoms with Crippen molar-refractivity contribution in [2.45, 2.75) is 26.3 Å². The van der Waals surface area contributed by atoms with E-state index in [9.17, 15) is 13.2 Å². The van der Waals surface area contributed by atoms with Gasteiger partial charge in [0.05, 0.1) is 37.0 Å². The Balaban J connectivity index is 1.50. The van der Waals surface area contributed by atoms with Crippen LogP contribution in [0.15, 0.2) is 54.6 Å². The fraction of sp³-hybridized carbons (Fsp3) is 0.385. The van der Waals surface area contributed by atoms with Gasteiger partial charge >= 0.3 is 0 Å². The molecule has 1 fully saturated rings. The van der Waals surface area contributed by atoms with Crippen LogP contribution in [-0.4, -0.2) is 55.9 Å². The molecule has 0 unspecified atom stereocenters. The lowest BCUT2D eigenvalue weighted by atomic mass is 10.1. The predicted molar refractivity (Wildman–Crippen MR) is 137 cm³/mol. The number of ether oxygens (including phenoxy) is 3. The van der Waals surface area contributed by atoms with Crippen LogP contribution in [0.1, 0.15) is 26.3 Å². The summed E-state index contributed by atoms with van der Waals surface area (Å²) < 4.78 is 42.3. The van der Waals surface area contributed by atoms with Gasteiger partial charge in [0, 0.05) is 11.6 Å². The molecular formula is C26H31N3O6S. The molecule has 0 bridgehead atoms. The Morgan fingerprint density at radius 2 is 1.69 bits per heavy atom. The number of carbonyl (C=O) groups excluding carboxylic acids is 1. The maximum Gasteiger partial charge on any atom is 0.263 e. The molecule has 0 spiro atoms. The largest absolute Gasteiger partial charge is 0.497 e. The number of aromatic nitrogens is 2. The second kappa shape index (κ2) is 11.0. The molecule has 0 radical (unpaired) electrons. The first kappa shape index (κ1) is 25.6. The van der Waals surface area contributed by atoms with Gasteiger partial charge in [-0.25, -0.2) is 13.1 Å². The van der Waals surface area contributed by atoms with E-state index in [2.05, 4.69) is 24.3 Å². The zero-order chi connectivity index (χ0) is 25.7. The molecule has 1 atom stereocenters. The fourth-order valence-corrected chi connectivity index (χ4v) is 5.55. The Kier molecular flexibility index (Phi) is 7.83. The number of rotatable bonds is 10. The summed E-state index contributed by atoms with van der Waals surface area (Å²) in [5.41, 5.74) is 1.46. The van der Waals surface area contributed by atoms with Crippen molar-refractivity contribution in [2.75, 3.05) is 37.1 Å². The minimum Gasteiger partial charge on any atom is -0.497 e. The molecule has 1 amide bonds. The van der Waals surface area contributed by atoms with Crippen molar-refractivity contribution in [3.05, 3.63) is 54.6 Å². The highest BCUT2D eigenvalue weighted by molar-refractivity contribution is 7.91. The summed E-state index contributed by atoms with van der Waals surface area (Å²) in [4.78, 5) is 12.7. The third kappa shape index (κ3) is 6.57. The summed E-state index contributed by atoms with van der Waals surface area (Å²) in [5, 5.41) is 7.50. The van der Waals surface area contributed by atoms with Crippen LogP contribution in [0.2, 0.25) is 0 Å². The lowest BCUT2D eigenvalue weighted by Gasteiger charge is -2.14. The quantitative estimate of drug-likeness (QED) is 0.437. The van der Waals surface area contributed by atoms with Gasteiger partial charge in [0.2, 0.25) is 0 Å². The molecule has 3 aromatic rings. The van der Waals surface area contributed by atoms with Crippen LogP contribution in [0.4, 0.5) is 5.82 Å². The third-order valence-corrected chi connectivity index (χ3v) is 7.47. The molecule has 4 rings (SSSR count). The summed E-state index contributed by atoms with van der Waals surface area (Å²) in [6, 6.07) is 15.9. The Bertz CT molecular complexity index is 1280. The van der Waals surface area contributed by atoms with Gasteiger partial charge < -0.3 is 19.5 Å². The Morgan fingerprint density at radius 1 is 1.06 bits per heavy atom. The van der Waals surface area contributed by atoms with E-state index < -0.39 is 9.84 Å². The smallest absolute Gasteiger partial charge is 0.263 e. The molecule has 10 heteroatoms. The minimum absolute atomic E-state index is 0.0126. The fourth-order valence-electron chi connectivity index (χ4n) is 3.86. The molecule has 9 nitrogen and oxygen atoms in total. The lowest BCUT2D eigenvalue weighted by Crippen LogP contribution is -2.23. The molecular weight excluding hydrogens is 482 g/mol. The van der Waals surface area contributed by atoms with Crippen molar-refractivity contribution in [2.24, 2.45) is 5.92 Å². The number of carbonyl (C=O) groups is 1. The van der Waals surface area contributed by atoms with Gasteiger partial charge in [-0.1, -0.05) is 13.8 Å². The van der Waals surface area contributed by atoms with Gasteiger partial charge in [-0.2, -0.15) is 5.10 Å². The maximum atomic E-state index is 12.7. The SMILES string of the molecule is COc1ccc(OCC(=O)Nc2cc(-c3ccc(OCC(C)C)cc3)nn2[C@H]2CCS(=O)(=O)C2)cc1. The highest BCUT2D eigenvalue weighted by Gasteiger charge is 2.32. The number of benzene rings is 2. The van der Waals surface area contributed by atoms with Gasteiger partial charge in [-0.05, 0) is 60.9 Å². The molecule has 192 valence electrons. The second-order valence-corrected chi connectivity index (χ2v) is 11.4. The third-order valence-electron chi connectivity index (χ3n) is 5.72. The first-order valence-corrected chi connectivity index (χ1v) is 13.6. The molecule has 36 heavy (non-hydrogen) atoms. The predicted octanol–water partition coefficient (Wildman–Crippen LogP) is 3.97. The van der Waals surface area contributed by atoms with E-state index in [1.165, 1.54) is 0 Å². The van der Waals surface area contributed by atoms with Crippen molar-refractivity contribution < 1.29 is 27.4 Å². The summed E-state index contributed by atoms with van der Waals surface area (Å²) in [6.07, 6.45) is 0.441. The number of nitrogens with zero attached hydrogens (tertiary/aromatic N) is 2. The van der Waals surface area contributed by atoms with Crippen LogP contribution in [0.3, 0.4) is 0 Å². The molecule has 1 aromatic heterocycles. The summed E-state index contributed by atoms with van der Waals surface area (Å²) in [7, 11) is -1.57. The number of amides is 1. The summed E-state index contributed by atoms with van der Waals surface area (Å²) in [6.45, 7) is 4.58. The molecule has 0 aliphatic carbocycles. The first-order valence-electron chi connectivity index (χ1n) is 11.8. The van der Waals surface area contributed by atoms with E-state index in [0.29, 0.717) is 42.0 Å². The number of hydrogen-bond donors (Lipinski definition) is 1. The standard InChI is InChI=1S/C26H31N3O6S/c1-18(2)15-34-22-6-4-19(5-7-22)24-14-25(29(28-24)20-12-13-36(31,32)17-20)27-26(30)16-35-23-10-8-21(33-3)9-11-23/h4-11,14,18,20H,12-13,15-17H2,1-3H3,(H,27,30)/t20-/m0/s1. The highest BCUT2D eigenvalue weighted by atomic mass is 32.2. The molecule has 1 N–H and O–H groups in total. The molecule has 2 aromatic carbocycles. The number of sulfone groups is 1. The van der Waals surface area contributed by atoms with Crippen molar-refractivity contribution in [1.82, 2.24) is 9.78 Å².